The highest BCUT2D eigenvalue weighted by Gasteiger charge is 2.14. The minimum absolute atomic E-state index is 0.356. The largest absolute Gasteiger partial charge is 0.497 e. The van der Waals surface area contributed by atoms with Gasteiger partial charge in [0, 0.05) is 12.1 Å². The highest BCUT2D eigenvalue weighted by Crippen LogP contribution is 2.26. The summed E-state index contributed by atoms with van der Waals surface area (Å²) < 4.78 is 13.3. The van der Waals surface area contributed by atoms with Crippen LogP contribution in [-0.2, 0) is 7.05 Å². The number of methoxy groups -OCH3 is 2. The van der Waals surface area contributed by atoms with Crippen LogP contribution in [0.25, 0.3) is 10.2 Å². The van der Waals surface area contributed by atoms with Gasteiger partial charge in [0.1, 0.15) is 11.5 Å². The number of carbonyl (C=O) groups is 1. The summed E-state index contributed by atoms with van der Waals surface area (Å²) in [5.41, 5.74) is 2.40. The topological polar surface area (TPSA) is 52.8 Å². The summed E-state index contributed by atoms with van der Waals surface area (Å²) in [5, 5.41) is 0.666. The smallest absolute Gasteiger partial charge is 0.283 e. The Balaban J connectivity index is 2.16. The van der Waals surface area contributed by atoms with Gasteiger partial charge in [-0.3, -0.25) is 4.79 Å². The Morgan fingerprint density at radius 1 is 1.20 bits per heavy atom. The van der Waals surface area contributed by atoms with Crippen LogP contribution in [-0.4, -0.2) is 24.7 Å². The van der Waals surface area contributed by atoms with Crippen molar-refractivity contribution in [3.8, 4) is 11.5 Å². The molecule has 0 aliphatic rings. The van der Waals surface area contributed by atoms with E-state index >= 15 is 0 Å². The number of rotatable bonds is 3. The number of fused-ring (bicyclic) bond motifs is 1. The Bertz CT molecular complexity index is 1040. The van der Waals surface area contributed by atoms with E-state index in [1.807, 2.05) is 30.7 Å². The fourth-order valence-corrected chi connectivity index (χ4v) is 4.17. The number of ether oxygens (including phenoxy) is 2. The summed E-state index contributed by atoms with van der Waals surface area (Å²) in [6.07, 6.45) is 0. The van der Waals surface area contributed by atoms with Gasteiger partial charge >= 0.3 is 0 Å². The summed E-state index contributed by atoms with van der Waals surface area (Å²) in [6.45, 7) is 1.98. The summed E-state index contributed by atoms with van der Waals surface area (Å²) in [6, 6.07) is 8.83. The second-order valence-corrected chi connectivity index (χ2v) is 6.94. The number of carbonyl (C=O) groups excluding carboxylic acids is 1. The molecule has 5 nitrogen and oxygen atoms in total. The molecule has 1 aromatic heterocycles. The van der Waals surface area contributed by atoms with Crippen molar-refractivity contribution in [1.29, 1.82) is 0 Å². The van der Waals surface area contributed by atoms with Crippen molar-refractivity contribution in [3.05, 3.63) is 51.3 Å². The molecule has 0 spiro atoms. The zero-order valence-electron chi connectivity index (χ0n) is 14.3. The third kappa shape index (κ3) is 3.27. The molecule has 1 amide bonds. The van der Waals surface area contributed by atoms with Crippen LogP contribution >= 0.6 is 22.9 Å². The third-order valence-electron chi connectivity index (χ3n) is 3.89. The first-order chi connectivity index (χ1) is 11.9. The number of aromatic nitrogens is 1. The number of nitrogens with zero attached hydrogens (tertiary/aromatic N) is 2. The van der Waals surface area contributed by atoms with Gasteiger partial charge in [-0.05, 0) is 42.8 Å². The molecule has 130 valence electrons. The van der Waals surface area contributed by atoms with E-state index in [1.54, 1.807) is 25.3 Å². The molecule has 1 heterocycles. The van der Waals surface area contributed by atoms with Crippen LogP contribution in [0, 0.1) is 6.92 Å². The molecule has 3 rings (SSSR count). The van der Waals surface area contributed by atoms with Gasteiger partial charge in [0.2, 0.25) is 0 Å². The van der Waals surface area contributed by atoms with E-state index in [0.29, 0.717) is 26.9 Å². The Morgan fingerprint density at radius 3 is 2.64 bits per heavy atom. The second kappa shape index (κ2) is 6.90. The van der Waals surface area contributed by atoms with Crippen LogP contribution < -0.4 is 14.3 Å². The molecule has 3 aromatic rings. The van der Waals surface area contributed by atoms with Crippen molar-refractivity contribution < 1.29 is 14.3 Å². The molecule has 0 fully saturated rings. The predicted molar refractivity (Wildman–Crippen MR) is 100.0 cm³/mol. The molecule has 0 unspecified atom stereocenters. The molecule has 0 saturated carbocycles. The maximum Gasteiger partial charge on any atom is 0.283 e. The van der Waals surface area contributed by atoms with Gasteiger partial charge in [0.05, 0.1) is 30.0 Å². The molecule has 0 atom stereocenters. The van der Waals surface area contributed by atoms with Crippen LogP contribution in [0.3, 0.4) is 0 Å². The SMILES string of the molecule is COc1ccc(OC)c(C(=O)N=c2sc3cc(Cl)cc(C)c3n2C)c1. The first-order valence-corrected chi connectivity index (χ1v) is 8.70. The van der Waals surface area contributed by atoms with Gasteiger partial charge in [-0.1, -0.05) is 22.9 Å². The average Bonchev–Trinajstić information content (AvgIpc) is 2.89. The predicted octanol–water partition coefficient (Wildman–Crippen LogP) is 3.96. The van der Waals surface area contributed by atoms with Gasteiger partial charge in [0.25, 0.3) is 5.91 Å². The van der Waals surface area contributed by atoms with Crippen molar-refractivity contribution in [3.63, 3.8) is 0 Å². The molecule has 0 saturated heterocycles. The normalized spacial score (nSPS) is 11.8. The second-order valence-electron chi connectivity index (χ2n) is 5.50. The molecule has 0 aliphatic carbocycles. The Morgan fingerprint density at radius 2 is 1.96 bits per heavy atom. The number of amides is 1. The average molecular weight is 377 g/mol. The number of aryl methyl sites for hydroxylation is 2. The van der Waals surface area contributed by atoms with Crippen LogP contribution in [0.4, 0.5) is 0 Å². The van der Waals surface area contributed by atoms with E-state index in [0.717, 1.165) is 15.8 Å². The van der Waals surface area contributed by atoms with Crippen LogP contribution in [0.5, 0.6) is 11.5 Å². The van der Waals surface area contributed by atoms with E-state index in [2.05, 4.69) is 4.99 Å². The van der Waals surface area contributed by atoms with E-state index in [4.69, 9.17) is 21.1 Å². The lowest BCUT2D eigenvalue weighted by molar-refractivity contribution is 0.0994. The van der Waals surface area contributed by atoms with Crippen molar-refractivity contribution >= 4 is 39.1 Å². The molecule has 0 bridgehead atoms. The Kier molecular flexibility index (Phi) is 4.83. The van der Waals surface area contributed by atoms with Gasteiger partial charge < -0.3 is 14.0 Å². The lowest BCUT2D eigenvalue weighted by Crippen LogP contribution is -2.14. The number of hydrogen-bond acceptors (Lipinski definition) is 4. The van der Waals surface area contributed by atoms with Crippen LogP contribution in [0.2, 0.25) is 5.02 Å². The lowest BCUT2D eigenvalue weighted by atomic mass is 10.2. The summed E-state index contributed by atoms with van der Waals surface area (Å²) in [5.74, 6) is 0.641. The molecule has 2 aromatic carbocycles. The monoisotopic (exact) mass is 376 g/mol. The lowest BCUT2D eigenvalue weighted by Gasteiger charge is -2.07. The first kappa shape index (κ1) is 17.5. The number of thiazole rings is 1. The van der Waals surface area contributed by atoms with Crippen molar-refractivity contribution in [2.45, 2.75) is 6.92 Å². The van der Waals surface area contributed by atoms with Crippen molar-refractivity contribution in [2.24, 2.45) is 12.0 Å². The quantitative estimate of drug-likeness (QED) is 0.695. The van der Waals surface area contributed by atoms with Crippen molar-refractivity contribution in [2.75, 3.05) is 14.2 Å². The molecular formula is C18H17ClN2O3S. The maximum absolute atomic E-state index is 12.7. The van der Waals surface area contributed by atoms with Gasteiger partial charge in [-0.25, -0.2) is 0 Å². The standard InChI is InChI=1S/C18H17ClN2O3S/c1-10-7-11(19)8-15-16(10)21(2)18(25-15)20-17(22)13-9-12(23-3)5-6-14(13)24-4/h5-9H,1-4H3. The van der Waals surface area contributed by atoms with Gasteiger partial charge in [-0.15, -0.1) is 0 Å². The molecule has 0 radical (unpaired) electrons. The molecule has 7 heteroatoms. The molecule has 25 heavy (non-hydrogen) atoms. The van der Waals surface area contributed by atoms with Crippen molar-refractivity contribution in [1.82, 2.24) is 4.57 Å². The summed E-state index contributed by atoms with van der Waals surface area (Å²) >= 11 is 7.55. The first-order valence-electron chi connectivity index (χ1n) is 7.51. The van der Waals surface area contributed by atoms with E-state index in [-0.39, 0.29) is 5.91 Å². The number of hydrogen-bond donors (Lipinski definition) is 0. The maximum atomic E-state index is 12.7. The number of halogens is 1. The molecule has 0 aliphatic heterocycles. The third-order valence-corrected chi connectivity index (χ3v) is 5.19. The van der Waals surface area contributed by atoms with E-state index in [9.17, 15) is 4.79 Å². The highest BCUT2D eigenvalue weighted by molar-refractivity contribution is 7.16. The van der Waals surface area contributed by atoms with E-state index < -0.39 is 0 Å². The van der Waals surface area contributed by atoms with Gasteiger partial charge in [0.15, 0.2) is 4.80 Å². The fraction of sp³-hybridized carbons (Fsp3) is 0.222. The molecular weight excluding hydrogens is 360 g/mol. The number of benzene rings is 2. The molecule has 0 N–H and O–H groups in total. The zero-order chi connectivity index (χ0) is 18.1. The minimum atomic E-state index is -0.387. The summed E-state index contributed by atoms with van der Waals surface area (Å²) in [4.78, 5) is 17.6. The fourth-order valence-electron chi connectivity index (χ4n) is 2.70. The Hall–Kier alpha value is -2.31. The van der Waals surface area contributed by atoms with Crippen LogP contribution in [0.1, 0.15) is 15.9 Å². The van der Waals surface area contributed by atoms with Crippen LogP contribution in [0.15, 0.2) is 35.3 Å². The van der Waals surface area contributed by atoms with Gasteiger partial charge in [-0.2, -0.15) is 4.99 Å². The summed E-state index contributed by atoms with van der Waals surface area (Å²) in [7, 11) is 4.95. The minimum Gasteiger partial charge on any atom is -0.497 e. The Labute approximate surface area is 154 Å². The zero-order valence-corrected chi connectivity index (χ0v) is 15.9. The highest BCUT2D eigenvalue weighted by atomic mass is 35.5. The van der Waals surface area contributed by atoms with E-state index in [1.165, 1.54) is 18.4 Å².